The van der Waals surface area contributed by atoms with Crippen LogP contribution in [0.25, 0.3) is 0 Å². The Morgan fingerprint density at radius 3 is 2.83 bits per heavy atom. The molecule has 0 aromatic rings. The molecule has 1 aliphatic rings. The normalized spacial score (nSPS) is 24.8. The highest BCUT2D eigenvalue weighted by molar-refractivity contribution is 5.82. The predicted molar refractivity (Wildman–Crippen MR) is 66.0 cm³/mol. The fourth-order valence-corrected chi connectivity index (χ4v) is 2.30. The quantitative estimate of drug-likeness (QED) is 0.563. The number of hydrogen-bond donors (Lipinski definition) is 3. The molecule has 0 bridgehead atoms. The van der Waals surface area contributed by atoms with E-state index in [2.05, 4.69) is 5.32 Å². The minimum Gasteiger partial charge on any atom is -0.481 e. The molecule has 1 fully saturated rings. The molecule has 4 N–H and O–H groups in total. The fourth-order valence-electron chi connectivity index (χ4n) is 2.30. The monoisotopic (exact) mass is 258 g/mol. The summed E-state index contributed by atoms with van der Waals surface area (Å²) in [6, 6.07) is -0.862. The number of carboxylic acids is 1. The second kappa shape index (κ2) is 7.33. The molecule has 104 valence electrons. The van der Waals surface area contributed by atoms with Crippen molar-refractivity contribution < 1.29 is 19.4 Å². The third kappa shape index (κ3) is 4.27. The third-order valence-corrected chi connectivity index (χ3v) is 3.36. The maximum atomic E-state index is 11.8. The summed E-state index contributed by atoms with van der Waals surface area (Å²) in [6.07, 6.45) is 3.44. The summed E-state index contributed by atoms with van der Waals surface area (Å²) in [5.41, 5.74) is 5.74. The molecule has 1 saturated carbocycles. The van der Waals surface area contributed by atoms with Crippen LogP contribution in [-0.2, 0) is 14.3 Å². The molecule has 3 unspecified atom stereocenters. The zero-order chi connectivity index (χ0) is 13.5. The molecule has 0 radical (unpaired) electrons. The Labute approximate surface area is 107 Å². The molecule has 0 spiro atoms. The Kier molecular flexibility index (Phi) is 6.07. The van der Waals surface area contributed by atoms with Crippen molar-refractivity contribution in [1.29, 1.82) is 0 Å². The van der Waals surface area contributed by atoms with Crippen LogP contribution in [0.15, 0.2) is 0 Å². The summed E-state index contributed by atoms with van der Waals surface area (Å²) >= 11 is 0. The van der Waals surface area contributed by atoms with Crippen LogP contribution in [0.2, 0.25) is 0 Å². The molecule has 1 amide bonds. The molecule has 0 aromatic heterocycles. The van der Waals surface area contributed by atoms with Gasteiger partial charge in [-0.25, -0.2) is 0 Å². The molecule has 6 heteroatoms. The lowest BCUT2D eigenvalue weighted by molar-refractivity contribution is -0.142. The minimum atomic E-state index is -0.842. The van der Waals surface area contributed by atoms with E-state index < -0.39 is 17.9 Å². The molecular weight excluding hydrogens is 236 g/mol. The van der Waals surface area contributed by atoms with E-state index in [0.29, 0.717) is 25.9 Å². The van der Waals surface area contributed by atoms with Gasteiger partial charge < -0.3 is 20.9 Å². The van der Waals surface area contributed by atoms with Crippen molar-refractivity contribution in [3.05, 3.63) is 0 Å². The lowest BCUT2D eigenvalue weighted by Crippen LogP contribution is -2.47. The maximum absolute atomic E-state index is 11.8. The van der Waals surface area contributed by atoms with E-state index in [-0.39, 0.29) is 11.9 Å². The maximum Gasteiger partial charge on any atom is 0.308 e. The number of hydrogen-bond acceptors (Lipinski definition) is 4. The first-order chi connectivity index (χ1) is 8.56. The van der Waals surface area contributed by atoms with Crippen LogP contribution in [0.4, 0.5) is 0 Å². The average molecular weight is 258 g/mol. The number of amides is 1. The molecule has 1 rings (SSSR count). The smallest absolute Gasteiger partial charge is 0.308 e. The van der Waals surface area contributed by atoms with Gasteiger partial charge >= 0.3 is 5.97 Å². The van der Waals surface area contributed by atoms with Gasteiger partial charge in [-0.1, -0.05) is 6.42 Å². The third-order valence-electron chi connectivity index (χ3n) is 3.36. The van der Waals surface area contributed by atoms with Crippen LogP contribution in [0, 0.1) is 5.92 Å². The van der Waals surface area contributed by atoms with Gasteiger partial charge in [0.05, 0.1) is 12.0 Å². The molecule has 18 heavy (non-hydrogen) atoms. The van der Waals surface area contributed by atoms with Crippen molar-refractivity contribution in [2.45, 2.75) is 44.2 Å². The molecular formula is C12H22N2O4. The number of nitrogens with two attached hydrogens (primary N) is 1. The van der Waals surface area contributed by atoms with Gasteiger partial charge in [-0.3, -0.25) is 9.59 Å². The highest BCUT2D eigenvalue weighted by Gasteiger charge is 2.34. The van der Waals surface area contributed by atoms with Crippen molar-refractivity contribution in [2.24, 2.45) is 11.7 Å². The molecule has 0 heterocycles. The Balaban J connectivity index is 2.36. The number of carbonyl (C=O) groups is 2. The predicted octanol–water partition coefficient (Wildman–Crippen LogP) is 0.110. The second-order valence-corrected chi connectivity index (χ2v) is 4.73. The number of rotatable bonds is 7. The van der Waals surface area contributed by atoms with Gasteiger partial charge in [-0.15, -0.1) is 0 Å². The first-order valence-corrected chi connectivity index (χ1v) is 6.34. The molecule has 6 nitrogen and oxygen atoms in total. The molecule has 0 aliphatic heterocycles. The summed E-state index contributed by atoms with van der Waals surface area (Å²) in [6.45, 7) is 0.572. The van der Waals surface area contributed by atoms with E-state index in [1.165, 1.54) is 0 Å². The summed E-state index contributed by atoms with van der Waals surface area (Å²) in [4.78, 5) is 22.8. The van der Waals surface area contributed by atoms with Gasteiger partial charge in [0.25, 0.3) is 0 Å². The standard InChI is InChI=1S/C12H22N2O4/c1-18-7-3-5-9(13)11(15)14-10-6-2-4-8(10)12(16)17/h8-10H,2-7,13H2,1H3,(H,14,15)(H,16,17). The SMILES string of the molecule is COCCCC(N)C(=O)NC1CCCC1C(=O)O. The zero-order valence-corrected chi connectivity index (χ0v) is 10.7. The number of aliphatic carboxylic acids is 1. The molecule has 0 saturated heterocycles. The zero-order valence-electron chi connectivity index (χ0n) is 10.7. The Hall–Kier alpha value is -1.14. The van der Waals surface area contributed by atoms with Crippen LogP contribution in [0.3, 0.4) is 0 Å². The Bertz CT molecular complexity index is 296. The second-order valence-electron chi connectivity index (χ2n) is 4.73. The van der Waals surface area contributed by atoms with Crippen molar-refractivity contribution in [3.8, 4) is 0 Å². The average Bonchev–Trinajstić information content (AvgIpc) is 2.77. The van der Waals surface area contributed by atoms with Crippen molar-refractivity contribution >= 4 is 11.9 Å². The van der Waals surface area contributed by atoms with E-state index in [4.69, 9.17) is 15.6 Å². The van der Waals surface area contributed by atoms with Crippen LogP contribution in [0.1, 0.15) is 32.1 Å². The number of carboxylic acid groups (broad SMARTS) is 1. The van der Waals surface area contributed by atoms with Crippen molar-refractivity contribution in [3.63, 3.8) is 0 Å². The van der Waals surface area contributed by atoms with E-state index in [9.17, 15) is 9.59 Å². The van der Waals surface area contributed by atoms with E-state index >= 15 is 0 Å². The summed E-state index contributed by atoms with van der Waals surface area (Å²) in [7, 11) is 1.60. The summed E-state index contributed by atoms with van der Waals surface area (Å²) in [5.74, 6) is -1.57. The van der Waals surface area contributed by atoms with Crippen LogP contribution < -0.4 is 11.1 Å². The highest BCUT2D eigenvalue weighted by atomic mass is 16.5. The molecule has 3 atom stereocenters. The van der Waals surface area contributed by atoms with E-state index in [1.54, 1.807) is 7.11 Å². The topological polar surface area (TPSA) is 102 Å². The first-order valence-electron chi connectivity index (χ1n) is 6.34. The Morgan fingerprint density at radius 2 is 2.22 bits per heavy atom. The minimum absolute atomic E-state index is 0.260. The lowest BCUT2D eigenvalue weighted by atomic mass is 10.0. The van der Waals surface area contributed by atoms with Gasteiger partial charge in [-0.05, 0) is 25.7 Å². The summed E-state index contributed by atoms with van der Waals surface area (Å²) in [5, 5.41) is 11.8. The number of ether oxygens (including phenoxy) is 1. The van der Waals surface area contributed by atoms with Gasteiger partial charge in [-0.2, -0.15) is 0 Å². The van der Waals surface area contributed by atoms with Crippen molar-refractivity contribution in [2.75, 3.05) is 13.7 Å². The van der Waals surface area contributed by atoms with Crippen molar-refractivity contribution in [1.82, 2.24) is 5.32 Å². The van der Waals surface area contributed by atoms with E-state index in [0.717, 1.165) is 12.8 Å². The fraction of sp³-hybridized carbons (Fsp3) is 0.833. The van der Waals surface area contributed by atoms with Gasteiger partial charge in [0.2, 0.25) is 5.91 Å². The first kappa shape index (κ1) is 14.9. The van der Waals surface area contributed by atoms with Crippen LogP contribution in [0.5, 0.6) is 0 Å². The number of methoxy groups -OCH3 is 1. The van der Waals surface area contributed by atoms with Gasteiger partial charge in [0, 0.05) is 19.8 Å². The van der Waals surface area contributed by atoms with Gasteiger partial charge in [0.1, 0.15) is 0 Å². The summed E-state index contributed by atoms with van der Waals surface area (Å²) < 4.78 is 4.89. The molecule has 1 aliphatic carbocycles. The highest BCUT2D eigenvalue weighted by Crippen LogP contribution is 2.25. The largest absolute Gasteiger partial charge is 0.481 e. The number of nitrogens with one attached hydrogen (secondary N) is 1. The van der Waals surface area contributed by atoms with Gasteiger partial charge in [0.15, 0.2) is 0 Å². The van der Waals surface area contributed by atoms with E-state index in [1.807, 2.05) is 0 Å². The Morgan fingerprint density at radius 1 is 1.50 bits per heavy atom. The lowest BCUT2D eigenvalue weighted by Gasteiger charge is -2.20. The number of carbonyl (C=O) groups excluding carboxylic acids is 1. The van der Waals surface area contributed by atoms with Crippen LogP contribution >= 0.6 is 0 Å². The van der Waals surface area contributed by atoms with Crippen LogP contribution in [-0.4, -0.2) is 42.8 Å². The molecule has 0 aromatic carbocycles.